The molecular formula is CHN3O5S. The first-order chi connectivity index (χ1) is 4.42. The van der Waals surface area contributed by atoms with E-state index in [9.17, 15) is 18.5 Å². The lowest BCUT2D eigenvalue weighted by Gasteiger charge is -1.96. The summed E-state index contributed by atoms with van der Waals surface area (Å²) in [5.74, 6) is 0. The Labute approximate surface area is 55.2 Å². The quantitative estimate of drug-likeness (QED) is 0.235. The van der Waals surface area contributed by atoms with Gasteiger partial charge in [-0.3, -0.25) is 5.21 Å². The van der Waals surface area contributed by atoms with Crippen LogP contribution in [0.25, 0.3) is 0 Å². The molecular weight excluding hydrogens is 166 g/mol. The zero-order valence-electron chi connectivity index (χ0n) is 4.33. The molecule has 0 aliphatic carbocycles. The van der Waals surface area contributed by atoms with Crippen LogP contribution in [0.15, 0.2) is 0 Å². The van der Waals surface area contributed by atoms with Gasteiger partial charge in [-0.1, -0.05) is 0 Å². The largest absolute Gasteiger partial charge is 0.556 e. The third-order valence-corrected chi connectivity index (χ3v) is 1.39. The van der Waals surface area contributed by atoms with Gasteiger partial charge in [-0.05, 0) is 4.47 Å². The van der Waals surface area contributed by atoms with Crippen molar-refractivity contribution >= 4 is 10.2 Å². The first-order valence-corrected chi connectivity index (χ1v) is 3.11. The van der Waals surface area contributed by atoms with Crippen LogP contribution in [0, 0.1) is 21.6 Å². The lowest BCUT2D eigenvalue weighted by molar-refractivity contribution is -0.318. The van der Waals surface area contributed by atoms with Gasteiger partial charge < -0.3 is 0 Å². The second-order valence-electron chi connectivity index (χ2n) is 1.04. The van der Waals surface area contributed by atoms with Crippen molar-refractivity contribution < 1.29 is 18.0 Å². The molecule has 0 saturated carbocycles. The Kier molecular flexibility index (Phi) is 2.12. The van der Waals surface area contributed by atoms with Crippen molar-refractivity contribution in [3.63, 3.8) is 0 Å². The first-order valence-electron chi connectivity index (χ1n) is 1.71. The standard InChI is InChI=1S/CHN3O5S/c2-1-3(5)10(8,9)4(6)7/h5H. The number of hydroxylamine groups is 1. The highest BCUT2D eigenvalue weighted by Gasteiger charge is 2.32. The van der Waals surface area contributed by atoms with E-state index < -0.39 is 19.0 Å². The summed E-state index contributed by atoms with van der Waals surface area (Å²) in [5, 5.41) is 25.1. The topological polar surface area (TPSA) is 125 Å². The van der Waals surface area contributed by atoms with Crippen molar-refractivity contribution in [2.75, 3.05) is 0 Å². The summed E-state index contributed by atoms with van der Waals surface area (Å²) in [6, 6.07) is 0. The molecule has 9 heteroatoms. The van der Waals surface area contributed by atoms with Crippen LogP contribution in [0.4, 0.5) is 0 Å². The second-order valence-corrected chi connectivity index (χ2v) is 2.58. The van der Waals surface area contributed by atoms with Gasteiger partial charge in [0.25, 0.3) is 0 Å². The summed E-state index contributed by atoms with van der Waals surface area (Å²) in [6.45, 7) is 0. The Hall–Kier alpha value is -1.40. The van der Waals surface area contributed by atoms with E-state index in [2.05, 4.69) is 0 Å². The summed E-state index contributed by atoms with van der Waals surface area (Å²) < 4.78 is 17.2. The van der Waals surface area contributed by atoms with Gasteiger partial charge in [0, 0.05) is 0 Å². The molecule has 0 fully saturated rings. The van der Waals surface area contributed by atoms with E-state index in [0.29, 0.717) is 6.19 Å². The fraction of sp³-hybridized carbons (Fsp3) is 0. The van der Waals surface area contributed by atoms with Crippen LogP contribution in [-0.4, -0.2) is 22.4 Å². The average Bonchev–Trinajstić information content (AvgIpc) is 1.86. The number of hydrogen-bond donors (Lipinski definition) is 1. The highest BCUT2D eigenvalue weighted by atomic mass is 32.2. The van der Waals surface area contributed by atoms with Gasteiger partial charge in [-0.15, -0.1) is 8.42 Å². The molecule has 56 valence electrons. The molecule has 0 aromatic carbocycles. The fourth-order valence-electron chi connectivity index (χ4n) is 0.115. The van der Waals surface area contributed by atoms with E-state index in [4.69, 9.17) is 10.5 Å². The van der Waals surface area contributed by atoms with Crippen molar-refractivity contribution in [3.05, 3.63) is 10.1 Å². The Morgan fingerprint density at radius 1 is 1.70 bits per heavy atom. The average molecular weight is 167 g/mol. The summed E-state index contributed by atoms with van der Waals surface area (Å²) in [7, 11) is -5.08. The summed E-state index contributed by atoms with van der Waals surface area (Å²) >= 11 is 0. The Morgan fingerprint density at radius 3 is 2.20 bits per heavy atom. The molecule has 0 amide bonds. The van der Waals surface area contributed by atoms with Crippen molar-refractivity contribution in [1.82, 2.24) is 4.47 Å². The smallest absolute Gasteiger partial charge is 0.260 e. The number of nitrogens with zero attached hydrogens (tertiary/aromatic N) is 3. The van der Waals surface area contributed by atoms with E-state index in [1.165, 1.54) is 0 Å². The van der Waals surface area contributed by atoms with E-state index >= 15 is 0 Å². The monoisotopic (exact) mass is 167 g/mol. The van der Waals surface area contributed by atoms with Gasteiger partial charge in [0.05, 0.1) is 0 Å². The molecule has 0 bridgehead atoms. The Morgan fingerprint density at radius 2 is 2.10 bits per heavy atom. The first kappa shape index (κ1) is 8.60. The zero-order valence-corrected chi connectivity index (χ0v) is 5.15. The highest BCUT2D eigenvalue weighted by Crippen LogP contribution is 1.93. The van der Waals surface area contributed by atoms with E-state index in [1.807, 2.05) is 0 Å². The van der Waals surface area contributed by atoms with Crippen molar-refractivity contribution in [2.24, 2.45) is 0 Å². The van der Waals surface area contributed by atoms with Crippen LogP contribution >= 0.6 is 0 Å². The molecule has 0 aliphatic heterocycles. The minimum atomic E-state index is -5.08. The maximum absolute atomic E-state index is 10.0. The Bertz CT molecular complexity index is 272. The van der Waals surface area contributed by atoms with Crippen LogP contribution in [0.1, 0.15) is 0 Å². The summed E-state index contributed by atoms with van der Waals surface area (Å²) in [6.07, 6.45) is 0.646. The predicted octanol–water partition coefficient (Wildman–Crippen LogP) is -1.32. The SMILES string of the molecule is N#CN(O)S(=O)(=O)[N+](=O)[O-]. The van der Waals surface area contributed by atoms with Crippen molar-refractivity contribution in [3.8, 4) is 6.19 Å². The predicted molar refractivity (Wildman–Crippen MR) is 25.2 cm³/mol. The minimum absolute atomic E-state index is 0.646. The second kappa shape index (κ2) is 2.46. The third-order valence-electron chi connectivity index (χ3n) is 0.492. The fourth-order valence-corrected chi connectivity index (χ4v) is 0.344. The maximum atomic E-state index is 10.0. The van der Waals surface area contributed by atoms with Gasteiger partial charge in [0.1, 0.15) is 0 Å². The summed E-state index contributed by atoms with van der Waals surface area (Å²) in [4.78, 5) is 9.49. The van der Waals surface area contributed by atoms with E-state index in [0.717, 1.165) is 0 Å². The van der Waals surface area contributed by atoms with Gasteiger partial charge in [0.15, 0.2) is 4.33 Å². The van der Waals surface area contributed by atoms with Crippen molar-refractivity contribution in [1.29, 1.82) is 5.26 Å². The molecule has 10 heavy (non-hydrogen) atoms. The zero-order chi connectivity index (χ0) is 8.36. The molecule has 0 aromatic heterocycles. The number of hydrogen-bond acceptors (Lipinski definition) is 6. The normalized spacial score (nSPS) is 10.0. The number of rotatable bonds is 2. The number of nitriles is 1. The van der Waals surface area contributed by atoms with Gasteiger partial charge >= 0.3 is 10.2 Å². The van der Waals surface area contributed by atoms with Gasteiger partial charge in [-0.25, -0.2) is 10.1 Å². The van der Waals surface area contributed by atoms with Gasteiger partial charge in [-0.2, -0.15) is 5.26 Å². The molecule has 0 heterocycles. The Balaban J connectivity index is 4.82. The van der Waals surface area contributed by atoms with E-state index in [1.54, 1.807) is 0 Å². The van der Waals surface area contributed by atoms with E-state index in [-0.39, 0.29) is 0 Å². The van der Waals surface area contributed by atoms with Crippen LogP contribution in [0.5, 0.6) is 0 Å². The molecule has 0 radical (unpaired) electrons. The van der Waals surface area contributed by atoms with Crippen LogP contribution in [-0.2, 0) is 10.2 Å². The molecule has 0 atom stereocenters. The molecule has 0 aromatic rings. The van der Waals surface area contributed by atoms with Crippen molar-refractivity contribution in [2.45, 2.75) is 0 Å². The molecule has 0 rings (SSSR count). The summed E-state index contributed by atoms with van der Waals surface area (Å²) in [5.41, 5.74) is 0. The third kappa shape index (κ3) is 1.30. The molecule has 1 N–H and O–H groups in total. The van der Waals surface area contributed by atoms with Crippen LogP contribution in [0.2, 0.25) is 0 Å². The van der Waals surface area contributed by atoms with Crippen LogP contribution in [0.3, 0.4) is 0 Å². The molecule has 0 unspecified atom stereocenters. The number of nitro groups is 1. The highest BCUT2D eigenvalue weighted by molar-refractivity contribution is 7.82. The molecule has 0 spiro atoms. The maximum Gasteiger partial charge on any atom is 0.556 e. The molecule has 0 aliphatic rings. The van der Waals surface area contributed by atoms with Crippen LogP contribution < -0.4 is 0 Å². The lowest BCUT2D eigenvalue weighted by Crippen LogP contribution is -2.28. The molecule has 0 saturated heterocycles. The lowest BCUT2D eigenvalue weighted by atomic mass is 11.4. The molecule has 8 nitrogen and oxygen atoms in total. The minimum Gasteiger partial charge on any atom is -0.260 e. The van der Waals surface area contributed by atoms with Gasteiger partial charge in [0.2, 0.25) is 6.19 Å².